The summed E-state index contributed by atoms with van der Waals surface area (Å²) in [5, 5.41) is 2.48. The van der Waals surface area contributed by atoms with E-state index in [4.69, 9.17) is 9.47 Å². The van der Waals surface area contributed by atoms with Crippen molar-refractivity contribution in [2.45, 2.75) is 13.0 Å². The molecule has 0 fully saturated rings. The number of nitrogens with one attached hydrogen (secondary N) is 1. The highest BCUT2D eigenvalue weighted by Crippen LogP contribution is 2.26. The van der Waals surface area contributed by atoms with Crippen LogP contribution in [0.4, 0.5) is 10.1 Å². The highest BCUT2D eigenvalue weighted by Gasteiger charge is 2.20. The van der Waals surface area contributed by atoms with Crippen LogP contribution in [0.15, 0.2) is 46.9 Å². The number of amides is 1. The number of methoxy groups -OCH3 is 1. The standard InChI is InChI=1S/C17H15BrFNO4/c1-10(16(21)20-13-5-3-4-12(19)9-13)24-17(22)11-6-7-15(23-2)14(18)8-11/h3-10H,1-2H3,(H,20,21)/t10-/m1/s1. The Bertz CT molecular complexity index is 766. The predicted octanol–water partition coefficient (Wildman–Crippen LogP) is 3.78. The first-order valence-corrected chi connectivity index (χ1v) is 7.81. The highest BCUT2D eigenvalue weighted by molar-refractivity contribution is 9.10. The van der Waals surface area contributed by atoms with E-state index in [1.807, 2.05) is 0 Å². The van der Waals surface area contributed by atoms with Gasteiger partial charge in [-0.25, -0.2) is 9.18 Å². The third-order valence-electron chi connectivity index (χ3n) is 3.13. The van der Waals surface area contributed by atoms with Gasteiger partial charge < -0.3 is 14.8 Å². The Hall–Kier alpha value is -2.41. The Morgan fingerprint density at radius 1 is 1.21 bits per heavy atom. The molecule has 0 unspecified atom stereocenters. The molecule has 1 atom stereocenters. The summed E-state index contributed by atoms with van der Waals surface area (Å²) in [5.74, 6) is -1.11. The van der Waals surface area contributed by atoms with Crippen LogP contribution in [-0.2, 0) is 9.53 Å². The average Bonchev–Trinajstić information content (AvgIpc) is 2.54. The molecule has 0 aliphatic rings. The smallest absolute Gasteiger partial charge is 0.338 e. The molecule has 0 radical (unpaired) electrons. The Balaban J connectivity index is 2.00. The summed E-state index contributed by atoms with van der Waals surface area (Å²) in [7, 11) is 1.51. The van der Waals surface area contributed by atoms with E-state index in [9.17, 15) is 14.0 Å². The fraction of sp³-hybridized carbons (Fsp3) is 0.176. The molecule has 7 heteroatoms. The number of ether oxygens (including phenoxy) is 2. The lowest BCUT2D eigenvalue weighted by Crippen LogP contribution is -2.30. The molecule has 2 aromatic rings. The van der Waals surface area contributed by atoms with Gasteiger partial charge in [-0.05, 0) is 59.3 Å². The maximum absolute atomic E-state index is 13.1. The molecule has 0 spiro atoms. The zero-order valence-electron chi connectivity index (χ0n) is 13.0. The lowest BCUT2D eigenvalue weighted by atomic mass is 10.2. The molecule has 126 valence electrons. The second-order valence-electron chi connectivity index (χ2n) is 4.90. The molecule has 24 heavy (non-hydrogen) atoms. The molecule has 0 saturated carbocycles. The van der Waals surface area contributed by atoms with Crippen LogP contribution >= 0.6 is 15.9 Å². The van der Waals surface area contributed by atoms with Gasteiger partial charge >= 0.3 is 5.97 Å². The number of rotatable bonds is 5. The molecule has 2 aromatic carbocycles. The topological polar surface area (TPSA) is 64.6 Å². The molecule has 0 aliphatic carbocycles. The third kappa shape index (κ3) is 4.55. The van der Waals surface area contributed by atoms with E-state index in [1.54, 1.807) is 12.1 Å². The first-order chi connectivity index (χ1) is 11.4. The van der Waals surface area contributed by atoms with E-state index in [0.29, 0.717) is 10.2 Å². The summed E-state index contributed by atoms with van der Waals surface area (Å²) >= 11 is 3.27. The van der Waals surface area contributed by atoms with Crippen molar-refractivity contribution in [1.82, 2.24) is 0 Å². The van der Waals surface area contributed by atoms with Crippen LogP contribution < -0.4 is 10.1 Å². The number of carbonyl (C=O) groups excluding carboxylic acids is 2. The van der Waals surface area contributed by atoms with Gasteiger partial charge in [-0.15, -0.1) is 0 Å². The van der Waals surface area contributed by atoms with Crippen molar-refractivity contribution >= 4 is 33.5 Å². The first kappa shape index (κ1) is 17.9. The maximum Gasteiger partial charge on any atom is 0.338 e. The van der Waals surface area contributed by atoms with Gasteiger partial charge in [0.25, 0.3) is 5.91 Å². The van der Waals surface area contributed by atoms with Gasteiger partial charge in [-0.1, -0.05) is 6.07 Å². The summed E-state index contributed by atoms with van der Waals surface area (Å²) < 4.78 is 23.9. The molecule has 0 aromatic heterocycles. The van der Waals surface area contributed by atoms with E-state index in [2.05, 4.69) is 21.2 Å². The number of hydrogen-bond donors (Lipinski definition) is 1. The zero-order valence-corrected chi connectivity index (χ0v) is 14.6. The number of hydrogen-bond acceptors (Lipinski definition) is 4. The van der Waals surface area contributed by atoms with Crippen LogP contribution in [0.5, 0.6) is 5.75 Å². The molecule has 0 saturated heterocycles. The van der Waals surface area contributed by atoms with Crippen molar-refractivity contribution in [3.05, 3.63) is 58.3 Å². The molecule has 1 N–H and O–H groups in total. The third-order valence-corrected chi connectivity index (χ3v) is 3.75. The van der Waals surface area contributed by atoms with Gasteiger partial charge in [0, 0.05) is 5.69 Å². The average molecular weight is 396 g/mol. The fourth-order valence-corrected chi connectivity index (χ4v) is 2.43. The molecular weight excluding hydrogens is 381 g/mol. The van der Waals surface area contributed by atoms with E-state index in [0.717, 1.165) is 0 Å². The predicted molar refractivity (Wildman–Crippen MR) is 90.6 cm³/mol. The van der Waals surface area contributed by atoms with Crippen molar-refractivity contribution in [2.75, 3.05) is 12.4 Å². The molecular formula is C17H15BrFNO4. The normalized spacial score (nSPS) is 11.5. The SMILES string of the molecule is COc1ccc(C(=O)O[C@H](C)C(=O)Nc2cccc(F)c2)cc1Br. The molecule has 0 aliphatic heterocycles. The van der Waals surface area contributed by atoms with Crippen molar-refractivity contribution in [2.24, 2.45) is 0 Å². The van der Waals surface area contributed by atoms with Gasteiger partial charge in [0.05, 0.1) is 17.1 Å². The van der Waals surface area contributed by atoms with Crippen molar-refractivity contribution in [3.63, 3.8) is 0 Å². The monoisotopic (exact) mass is 395 g/mol. The van der Waals surface area contributed by atoms with E-state index in [1.165, 1.54) is 44.4 Å². The largest absolute Gasteiger partial charge is 0.496 e. The van der Waals surface area contributed by atoms with Crippen LogP contribution in [0.2, 0.25) is 0 Å². The number of esters is 1. The molecule has 2 rings (SSSR count). The summed E-state index contributed by atoms with van der Waals surface area (Å²) in [6.07, 6.45) is -1.04. The van der Waals surface area contributed by atoms with E-state index >= 15 is 0 Å². The molecule has 0 heterocycles. The zero-order chi connectivity index (χ0) is 17.7. The van der Waals surface area contributed by atoms with Crippen LogP contribution in [0.1, 0.15) is 17.3 Å². The Morgan fingerprint density at radius 2 is 1.96 bits per heavy atom. The summed E-state index contributed by atoms with van der Waals surface area (Å²) in [4.78, 5) is 24.1. The first-order valence-electron chi connectivity index (χ1n) is 7.01. The maximum atomic E-state index is 13.1. The molecule has 0 bridgehead atoms. The lowest BCUT2D eigenvalue weighted by molar-refractivity contribution is -0.123. The summed E-state index contributed by atoms with van der Waals surface area (Å²) in [6.45, 7) is 1.44. The lowest BCUT2D eigenvalue weighted by Gasteiger charge is -2.14. The van der Waals surface area contributed by atoms with Crippen molar-refractivity contribution in [1.29, 1.82) is 0 Å². The van der Waals surface area contributed by atoms with Crippen LogP contribution in [0.3, 0.4) is 0 Å². The number of anilines is 1. The minimum atomic E-state index is -1.04. The summed E-state index contributed by atoms with van der Waals surface area (Å²) in [5.41, 5.74) is 0.558. The Morgan fingerprint density at radius 3 is 2.58 bits per heavy atom. The van der Waals surface area contributed by atoms with E-state index in [-0.39, 0.29) is 11.3 Å². The number of benzene rings is 2. The Labute approximate surface area is 146 Å². The quantitative estimate of drug-likeness (QED) is 0.782. The second-order valence-corrected chi connectivity index (χ2v) is 5.75. The number of halogens is 2. The van der Waals surface area contributed by atoms with Crippen LogP contribution in [-0.4, -0.2) is 25.1 Å². The number of carbonyl (C=O) groups is 2. The van der Waals surface area contributed by atoms with Gasteiger partial charge in [0.15, 0.2) is 6.10 Å². The van der Waals surface area contributed by atoms with Crippen LogP contribution in [0.25, 0.3) is 0 Å². The summed E-state index contributed by atoms with van der Waals surface area (Å²) in [6, 6.07) is 10.1. The van der Waals surface area contributed by atoms with Gasteiger partial charge in [0.2, 0.25) is 0 Å². The van der Waals surface area contributed by atoms with Crippen molar-refractivity contribution < 1.29 is 23.5 Å². The highest BCUT2D eigenvalue weighted by atomic mass is 79.9. The van der Waals surface area contributed by atoms with Gasteiger partial charge in [-0.2, -0.15) is 0 Å². The fourth-order valence-electron chi connectivity index (χ4n) is 1.89. The van der Waals surface area contributed by atoms with E-state index < -0.39 is 23.8 Å². The van der Waals surface area contributed by atoms with Crippen molar-refractivity contribution in [3.8, 4) is 5.75 Å². The molecule has 5 nitrogen and oxygen atoms in total. The van der Waals surface area contributed by atoms with Crippen LogP contribution in [0, 0.1) is 5.82 Å². The van der Waals surface area contributed by atoms with Gasteiger partial charge in [0.1, 0.15) is 11.6 Å². The second kappa shape index (κ2) is 7.92. The minimum Gasteiger partial charge on any atom is -0.496 e. The Kier molecular flexibility index (Phi) is 5.92. The van der Waals surface area contributed by atoms with Gasteiger partial charge in [-0.3, -0.25) is 4.79 Å². The minimum absolute atomic E-state index is 0.271. The molecule has 1 amide bonds.